The Morgan fingerprint density at radius 3 is 2.42 bits per heavy atom. The molecule has 106 valence electrons. The lowest BCUT2D eigenvalue weighted by atomic mass is 9.91. The SMILES string of the molecule is Cc1cc(N(C)C2CCC2)ccc1CNC(C)(C)C. The molecule has 19 heavy (non-hydrogen) atoms. The third-order valence-corrected chi connectivity index (χ3v) is 4.17. The molecule has 0 heterocycles. The normalized spacial score (nSPS) is 16.3. The van der Waals surface area contributed by atoms with Gasteiger partial charge >= 0.3 is 0 Å². The Kier molecular flexibility index (Phi) is 4.19. The monoisotopic (exact) mass is 260 g/mol. The highest BCUT2D eigenvalue weighted by molar-refractivity contribution is 5.51. The molecule has 0 aromatic heterocycles. The van der Waals surface area contributed by atoms with E-state index in [0.29, 0.717) is 0 Å². The largest absolute Gasteiger partial charge is 0.372 e. The maximum Gasteiger partial charge on any atom is 0.0368 e. The molecule has 0 aliphatic heterocycles. The van der Waals surface area contributed by atoms with Crippen molar-refractivity contribution >= 4 is 5.69 Å². The van der Waals surface area contributed by atoms with Crippen LogP contribution < -0.4 is 10.2 Å². The smallest absolute Gasteiger partial charge is 0.0368 e. The van der Waals surface area contributed by atoms with Gasteiger partial charge in [0.2, 0.25) is 0 Å². The highest BCUT2D eigenvalue weighted by Gasteiger charge is 2.22. The molecule has 1 saturated carbocycles. The van der Waals surface area contributed by atoms with Crippen LogP contribution in [0.25, 0.3) is 0 Å². The average molecular weight is 260 g/mol. The van der Waals surface area contributed by atoms with Gasteiger partial charge < -0.3 is 10.2 Å². The lowest BCUT2D eigenvalue weighted by molar-refractivity contribution is 0.401. The van der Waals surface area contributed by atoms with Gasteiger partial charge in [-0.2, -0.15) is 0 Å². The second-order valence-electron chi connectivity index (χ2n) is 6.91. The van der Waals surface area contributed by atoms with Gasteiger partial charge in [-0.25, -0.2) is 0 Å². The molecule has 0 spiro atoms. The van der Waals surface area contributed by atoms with Gasteiger partial charge in [-0.15, -0.1) is 0 Å². The minimum absolute atomic E-state index is 0.174. The highest BCUT2D eigenvalue weighted by Crippen LogP contribution is 2.29. The molecule has 1 fully saturated rings. The van der Waals surface area contributed by atoms with Crippen molar-refractivity contribution in [1.82, 2.24) is 5.32 Å². The zero-order valence-corrected chi connectivity index (χ0v) is 13.1. The molecule has 1 aliphatic rings. The standard InChI is InChI=1S/C17H28N2/c1-13-11-16(19(5)15-7-6-8-15)10-9-14(13)12-18-17(2,3)4/h9-11,15,18H,6-8,12H2,1-5H3. The molecule has 2 nitrogen and oxygen atoms in total. The molecule has 1 aliphatic carbocycles. The van der Waals surface area contributed by atoms with E-state index in [9.17, 15) is 0 Å². The topological polar surface area (TPSA) is 15.3 Å². The number of hydrogen-bond donors (Lipinski definition) is 1. The van der Waals surface area contributed by atoms with Crippen LogP contribution in [0.5, 0.6) is 0 Å². The molecule has 2 rings (SSSR count). The Morgan fingerprint density at radius 2 is 1.95 bits per heavy atom. The van der Waals surface area contributed by atoms with Crippen LogP contribution in [-0.4, -0.2) is 18.6 Å². The molecule has 0 radical (unpaired) electrons. The minimum atomic E-state index is 0.174. The van der Waals surface area contributed by atoms with Crippen molar-refractivity contribution < 1.29 is 0 Å². The highest BCUT2D eigenvalue weighted by atomic mass is 15.1. The third-order valence-electron chi connectivity index (χ3n) is 4.17. The van der Waals surface area contributed by atoms with E-state index in [2.05, 4.69) is 63.2 Å². The van der Waals surface area contributed by atoms with Gasteiger partial charge in [0.15, 0.2) is 0 Å². The van der Waals surface area contributed by atoms with Crippen molar-refractivity contribution in [2.45, 2.75) is 65.1 Å². The van der Waals surface area contributed by atoms with Gasteiger partial charge in [-0.3, -0.25) is 0 Å². The first-order valence-electron chi connectivity index (χ1n) is 7.44. The Hall–Kier alpha value is -1.02. The molecule has 1 aromatic rings. The molecule has 0 amide bonds. The Morgan fingerprint density at radius 1 is 1.26 bits per heavy atom. The summed E-state index contributed by atoms with van der Waals surface area (Å²) in [7, 11) is 2.23. The summed E-state index contributed by atoms with van der Waals surface area (Å²) >= 11 is 0. The Labute approximate surface area is 118 Å². The Bertz CT molecular complexity index is 427. The third kappa shape index (κ3) is 3.73. The number of anilines is 1. The van der Waals surface area contributed by atoms with Gasteiger partial charge in [0.25, 0.3) is 0 Å². The van der Waals surface area contributed by atoms with Gasteiger partial charge in [0.05, 0.1) is 0 Å². The summed E-state index contributed by atoms with van der Waals surface area (Å²) < 4.78 is 0. The van der Waals surface area contributed by atoms with E-state index in [1.807, 2.05) is 0 Å². The predicted octanol–water partition coefficient (Wildman–Crippen LogP) is 3.87. The molecular formula is C17H28N2. The summed E-state index contributed by atoms with van der Waals surface area (Å²) in [6.45, 7) is 9.80. The van der Waals surface area contributed by atoms with Crippen molar-refractivity contribution in [3.63, 3.8) is 0 Å². The van der Waals surface area contributed by atoms with Gasteiger partial charge in [0, 0.05) is 30.9 Å². The molecule has 0 unspecified atom stereocenters. The number of aryl methyl sites for hydroxylation is 1. The summed E-state index contributed by atoms with van der Waals surface area (Å²) in [5.74, 6) is 0. The molecule has 0 atom stereocenters. The van der Waals surface area contributed by atoms with Crippen molar-refractivity contribution in [3.05, 3.63) is 29.3 Å². The van der Waals surface area contributed by atoms with Crippen LogP contribution in [0.3, 0.4) is 0 Å². The number of hydrogen-bond acceptors (Lipinski definition) is 2. The number of benzene rings is 1. The van der Waals surface area contributed by atoms with Crippen LogP contribution in [0.4, 0.5) is 5.69 Å². The zero-order valence-electron chi connectivity index (χ0n) is 13.1. The fourth-order valence-corrected chi connectivity index (χ4v) is 2.44. The average Bonchev–Trinajstić information content (AvgIpc) is 2.23. The molecule has 1 aromatic carbocycles. The van der Waals surface area contributed by atoms with E-state index in [1.54, 1.807) is 0 Å². The molecular weight excluding hydrogens is 232 g/mol. The summed E-state index contributed by atoms with van der Waals surface area (Å²) in [5, 5.41) is 3.56. The minimum Gasteiger partial charge on any atom is -0.372 e. The maximum atomic E-state index is 3.56. The first-order valence-corrected chi connectivity index (χ1v) is 7.44. The van der Waals surface area contributed by atoms with Crippen molar-refractivity contribution in [2.75, 3.05) is 11.9 Å². The van der Waals surface area contributed by atoms with Gasteiger partial charge in [-0.1, -0.05) is 6.07 Å². The number of nitrogens with one attached hydrogen (secondary N) is 1. The number of nitrogens with zero attached hydrogens (tertiary/aromatic N) is 1. The Balaban J connectivity index is 2.04. The van der Waals surface area contributed by atoms with Gasteiger partial charge in [0.1, 0.15) is 0 Å². The molecule has 0 bridgehead atoms. The maximum absolute atomic E-state index is 3.56. The first-order chi connectivity index (χ1) is 8.87. The van der Waals surface area contributed by atoms with Crippen LogP contribution in [0.15, 0.2) is 18.2 Å². The van der Waals surface area contributed by atoms with Crippen LogP contribution in [-0.2, 0) is 6.54 Å². The quantitative estimate of drug-likeness (QED) is 0.884. The van der Waals surface area contributed by atoms with E-state index in [-0.39, 0.29) is 5.54 Å². The summed E-state index contributed by atoms with van der Waals surface area (Å²) in [6.07, 6.45) is 4.09. The van der Waals surface area contributed by atoms with E-state index < -0.39 is 0 Å². The summed E-state index contributed by atoms with van der Waals surface area (Å²) in [4.78, 5) is 2.44. The first kappa shape index (κ1) is 14.4. The van der Waals surface area contributed by atoms with Crippen LogP contribution in [0.1, 0.15) is 51.2 Å². The van der Waals surface area contributed by atoms with Gasteiger partial charge in [-0.05, 0) is 70.2 Å². The van der Waals surface area contributed by atoms with E-state index in [0.717, 1.165) is 12.6 Å². The van der Waals surface area contributed by atoms with Crippen LogP contribution >= 0.6 is 0 Å². The zero-order chi connectivity index (χ0) is 14.0. The predicted molar refractivity (Wildman–Crippen MR) is 83.8 cm³/mol. The van der Waals surface area contributed by atoms with Crippen molar-refractivity contribution in [1.29, 1.82) is 0 Å². The molecule has 2 heteroatoms. The van der Waals surface area contributed by atoms with E-state index in [1.165, 1.54) is 36.1 Å². The number of rotatable bonds is 4. The fourth-order valence-electron chi connectivity index (χ4n) is 2.44. The van der Waals surface area contributed by atoms with E-state index >= 15 is 0 Å². The lowest BCUT2D eigenvalue weighted by Crippen LogP contribution is -2.37. The van der Waals surface area contributed by atoms with Crippen LogP contribution in [0.2, 0.25) is 0 Å². The summed E-state index contributed by atoms with van der Waals surface area (Å²) in [5.41, 5.74) is 4.33. The van der Waals surface area contributed by atoms with Crippen LogP contribution in [0, 0.1) is 6.92 Å². The molecule has 1 N–H and O–H groups in total. The lowest BCUT2D eigenvalue weighted by Gasteiger charge is -2.36. The second kappa shape index (κ2) is 5.54. The fraction of sp³-hybridized carbons (Fsp3) is 0.647. The van der Waals surface area contributed by atoms with E-state index in [4.69, 9.17) is 0 Å². The van der Waals surface area contributed by atoms with Crippen molar-refractivity contribution in [2.24, 2.45) is 0 Å². The summed E-state index contributed by atoms with van der Waals surface area (Å²) in [6, 6.07) is 7.64. The van der Waals surface area contributed by atoms with Crippen molar-refractivity contribution in [3.8, 4) is 0 Å². The second-order valence-corrected chi connectivity index (χ2v) is 6.91. The molecule has 0 saturated heterocycles.